The van der Waals surface area contributed by atoms with Crippen LogP contribution in [-0.2, 0) is 4.79 Å². The van der Waals surface area contributed by atoms with Gasteiger partial charge in [-0.25, -0.2) is 0 Å². The third kappa shape index (κ3) is 4.28. The summed E-state index contributed by atoms with van der Waals surface area (Å²) in [6.07, 6.45) is 0.745. The summed E-state index contributed by atoms with van der Waals surface area (Å²) in [6, 6.07) is -0.0517. The molecule has 1 amide bonds. The Hall–Kier alpha value is -0.610. The molecule has 1 aliphatic heterocycles. The van der Waals surface area contributed by atoms with Gasteiger partial charge in [-0.3, -0.25) is 9.69 Å². The minimum atomic E-state index is -0.0517. The second-order valence-electron chi connectivity index (χ2n) is 6.30. The van der Waals surface area contributed by atoms with Gasteiger partial charge in [0.1, 0.15) is 0 Å². The number of hydrogen-bond acceptors (Lipinski definition) is 3. The molecule has 0 aromatic heterocycles. The lowest BCUT2D eigenvalue weighted by Crippen LogP contribution is -2.47. The van der Waals surface area contributed by atoms with Crippen LogP contribution in [0.15, 0.2) is 0 Å². The maximum absolute atomic E-state index is 12.1. The summed E-state index contributed by atoms with van der Waals surface area (Å²) in [6.45, 7) is 12.0. The molecule has 4 nitrogen and oxygen atoms in total. The highest BCUT2D eigenvalue weighted by atomic mass is 16.2. The van der Waals surface area contributed by atoms with Crippen LogP contribution in [-0.4, -0.2) is 43.0 Å². The van der Waals surface area contributed by atoms with Crippen LogP contribution in [0.1, 0.15) is 34.1 Å². The first-order valence-electron chi connectivity index (χ1n) is 6.57. The highest BCUT2D eigenvalue weighted by Gasteiger charge is 2.34. The van der Waals surface area contributed by atoms with Gasteiger partial charge in [0, 0.05) is 19.6 Å². The number of hydrogen-bond donors (Lipinski definition) is 2. The van der Waals surface area contributed by atoms with E-state index in [4.69, 9.17) is 5.73 Å². The molecule has 17 heavy (non-hydrogen) atoms. The zero-order valence-corrected chi connectivity index (χ0v) is 11.6. The first-order valence-corrected chi connectivity index (χ1v) is 6.57. The maximum Gasteiger partial charge on any atom is 0.237 e. The fourth-order valence-electron chi connectivity index (χ4n) is 2.46. The van der Waals surface area contributed by atoms with Crippen molar-refractivity contribution < 1.29 is 4.79 Å². The number of carbonyl (C=O) groups excluding carboxylic acids is 1. The average Bonchev–Trinajstić information content (AvgIpc) is 2.29. The van der Waals surface area contributed by atoms with E-state index in [1.165, 1.54) is 0 Å². The first kappa shape index (κ1) is 14.5. The molecule has 1 rings (SSSR count). The van der Waals surface area contributed by atoms with Crippen molar-refractivity contribution in [1.82, 2.24) is 10.2 Å². The monoisotopic (exact) mass is 241 g/mol. The van der Waals surface area contributed by atoms with E-state index in [1.807, 2.05) is 0 Å². The molecule has 0 bridgehead atoms. The minimum absolute atomic E-state index is 0.0517. The second-order valence-corrected chi connectivity index (χ2v) is 6.30. The first-order chi connectivity index (χ1) is 7.85. The fourth-order valence-corrected chi connectivity index (χ4v) is 2.46. The highest BCUT2D eigenvalue weighted by Crippen LogP contribution is 2.22. The molecule has 1 heterocycles. The summed E-state index contributed by atoms with van der Waals surface area (Å²) in [4.78, 5) is 14.4. The van der Waals surface area contributed by atoms with Crippen molar-refractivity contribution in [3.8, 4) is 0 Å². The molecule has 1 fully saturated rings. The second kappa shape index (κ2) is 5.83. The largest absolute Gasteiger partial charge is 0.354 e. The van der Waals surface area contributed by atoms with Gasteiger partial charge in [-0.2, -0.15) is 0 Å². The Kier molecular flexibility index (Phi) is 4.95. The molecular weight excluding hydrogens is 214 g/mol. The number of amides is 1. The molecular formula is C13H27N3O. The van der Waals surface area contributed by atoms with Gasteiger partial charge in [-0.15, -0.1) is 0 Å². The third-order valence-electron chi connectivity index (χ3n) is 3.16. The van der Waals surface area contributed by atoms with Crippen LogP contribution in [0, 0.1) is 11.3 Å². The lowest BCUT2D eigenvalue weighted by atomic mass is 9.92. The SMILES string of the molecule is CC(C)CN1CC(C)(C)CNC(=O)C1CCN. The number of carbonyl (C=O) groups is 1. The summed E-state index contributed by atoms with van der Waals surface area (Å²) in [7, 11) is 0. The zero-order valence-electron chi connectivity index (χ0n) is 11.6. The minimum Gasteiger partial charge on any atom is -0.354 e. The van der Waals surface area contributed by atoms with Crippen molar-refractivity contribution in [2.75, 3.05) is 26.2 Å². The predicted octanol–water partition coefficient (Wildman–Crippen LogP) is 0.818. The summed E-state index contributed by atoms with van der Waals surface area (Å²) >= 11 is 0. The molecule has 100 valence electrons. The van der Waals surface area contributed by atoms with Crippen molar-refractivity contribution in [2.45, 2.75) is 40.2 Å². The number of nitrogens with zero attached hydrogens (tertiary/aromatic N) is 1. The topological polar surface area (TPSA) is 58.4 Å². The van der Waals surface area contributed by atoms with Crippen molar-refractivity contribution in [3.63, 3.8) is 0 Å². The van der Waals surface area contributed by atoms with Crippen LogP contribution in [0.2, 0.25) is 0 Å². The van der Waals surface area contributed by atoms with E-state index in [9.17, 15) is 4.79 Å². The summed E-state index contributed by atoms with van der Waals surface area (Å²) < 4.78 is 0. The molecule has 1 saturated heterocycles. The van der Waals surface area contributed by atoms with E-state index < -0.39 is 0 Å². The van der Waals surface area contributed by atoms with Crippen LogP contribution in [0.3, 0.4) is 0 Å². The molecule has 4 heteroatoms. The Morgan fingerprint density at radius 2 is 2.18 bits per heavy atom. The number of nitrogens with one attached hydrogen (secondary N) is 1. The lowest BCUT2D eigenvalue weighted by molar-refractivity contribution is -0.125. The quantitative estimate of drug-likeness (QED) is 0.766. The van der Waals surface area contributed by atoms with E-state index in [2.05, 4.69) is 37.9 Å². The van der Waals surface area contributed by atoms with Gasteiger partial charge in [0.2, 0.25) is 5.91 Å². The average molecular weight is 241 g/mol. The van der Waals surface area contributed by atoms with E-state index in [0.717, 1.165) is 26.1 Å². The molecule has 3 N–H and O–H groups in total. The normalized spacial score (nSPS) is 25.8. The molecule has 0 spiro atoms. The van der Waals surface area contributed by atoms with Crippen molar-refractivity contribution in [2.24, 2.45) is 17.1 Å². The fraction of sp³-hybridized carbons (Fsp3) is 0.923. The van der Waals surface area contributed by atoms with Crippen LogP contribution in [0.5, 0.6) is 0 Å². The van der Waals surface area contributed by atoms with Gasteiger partial charge >= 0.3 is 0 Å². The van der Waals surface area contributed by atoms with E-state index in [-0.39, 0.29) is 17.4 Å². The smallest absolute Gasteiger partial charge is 0.237 e. The van der Waals surface area contributed by atoms with Gasteiger partial charge in [-0.05, 0) is 24.3 Å². The van der Waals surface area contributed by atoms with Crippen molar-refractivity contribution in [3.05, 3.63) is 0 Å². The summed E-state index contributed by atoms with van der Waals surface area (Å²) in [5, 5.41) is 3.04. The molecule has 0 aromatic carbocycles. The Balaban J connectivity index is 2.83. The molecule has 1 atom stereocenters. The van der Waals surface area contributed by atoms with Gasteiger partial charge in [0.25, 0.3) is 0 Å². The molecule has 0 saturated carbocycles. The van der Waals surface area contributed by atoms with Crippen LogP contribution >= 0.6 is 0 Å². The van der Waals surface area contributed by atoms with Crippen LogP contribution in [0.25, 0.3) is 0 Å². The molecule has 1 unspecified atom stereocenters. The van der Waals surface area contributed by atoms with Crippen LogP contribution < -0.4 is 11.1 Å². The summed E-state index contributed by atoms with van der Waals surface area (Å²) in [5.41, 5.74) is 5.76. The van der Waals surface area contributed by atoms with E-state index in [1.54, 1.807) is 0 Å². The van der Waals surface area contributed by atoms with Crippen molar-refractivity contribution in [1.29, 1.82) is 0 Å². The van der Waals surface area contributed by atoms with Gasteiger partial charge in [0.15, 0.2) is 0 Å². The Bertz CT molecular complexity index is 263. The number of rotatable bonds is 4. The Morgan fingerprint density at radius 3 is 2.71 bits per heavy atom. The maximum atomic E-state index is 12.1. The lowest BCUT2D eigenvalue weighted by Gasteiger charge is -2.33. The summed E-state index contributed by atoms with van der Waals surface area (Å²) in [5.74, 6) is 0.707. The van der Waals surface area contributed by atoms with Gasteiger partial charge in [0.05, 0.1) is 6.04 Å². The molecule has 0 radical (unpaired) electrons. The Morgan fingerprint density at radius 1 is 1.53 bits per heavy atom. The highest BCUT2D eigenvalue weighted by molar-refractivity contribution is 5.82. The standard InChI is InChI=1S/C13H27N3O/c1-10(2)7-16-9-13(3,4)8-15-12(17)11(16)5-6-14/h10-11H,5-9,14H2,1-4H3,(H,15,17). The predicted molar refractivity (Wildman–Crippen MR) is 70.7 cm³/mol. The van der Waals surface area contributed by atoms with Crippen molar-refractivity contribution >= 4 is 5.91 Å². The van der Waals surface area contributed by atoms with Gasteiger partial charge < -0.3 is 11.1 Å². The number of nitrogens with two attached hydrogens (primary N) is 1. The molecule has 0 aliphatic carbocycles. The molecule has 0 aromatic rings. The van der Waals surface area contributed by atoms with E-state index in [0.29, 0.717) is 12.5 Å². The third-order valence-corrected chi connectivity index (χ3v) is 3.16. The van der Waals surface area contributed by atoms with E-state index >= 15 is 0 Å². The molecule has 1 aliphatic rings. The van der Waals surface area contributed by atoms with Gasteiger partial charge in [-0.1, -0.05) is 27.7 Å². The van der Waals surface area contributed by atoms with Crippen LogP contribution in [0.4, 0.5) is 0 Å². The zero-order chi connectivity index (χ0) is 13.1. The Labute approximate surface area is 105 Å².